The third-order valence-electron chi connectivity index (χ3n) is 4.56. The van der Waals surface area contributed by atoms with Gasteiger partial charge in [-0.15, -0.1) is 0 Å². The molecule has 1 aromatic rings. The predicted octanol–water partition coefficient (Wildman–Crippen LogP) is 2.19. The molecule has 0 aromatic heterocycles. The number of carbonyl (C=O) groups excluding carboxylic acids is 3. The Balaban J connectivity index is 2.21. The number of likely N-dealkylation sites (tertiary alicyclic amines) is 1. The molecule has 0 bridgehead atoms. The highest BCUT2D eigenvalue weighted by Gasteiger charge is 2.44. The van der Waals surface area contributed by atoms with E-state index in [2.05, 4.69) is 5.32 Å². The number of piperidine rings is 1. The maximum atomic E-state index is 12.8. The minimum atomic E-state index is -0.801. The van der Waals surface area contributed by atoms with Crippen LogP contribution in [0, 0.1) is 5.41 Å². The number of nitrogens with one attached hydrogen (secondary N) is 1. The monoisotopic (exact) mass is 380 g/mol. The molecule has 1 heterocycles. The zero-order chi connectivity index (χ0) is 19.2. The summed E-state index contributed by atoms with van der Waals surface area (Å²) < 4.78 is 5.33. The summed E-state index contributed by atoms with van der Waals surface area (Å²) in [6.45, 7) is 4.20. The van der Waals surface area contributed by atoms with E-state index in [-0.39, 0.29) is 37.5 Å². The van der Waals surface area contributed by atoms with Crippen molar-refractivity contribution in [2.24, 2.45) is 5.41 Å². The minimum absolute atomic E-state index is 0.0641. The summed E-state index contributed by atoms with van der Waals surface area (Å²) in [7, 11) is 0. The molecule has 1 atom stereocenters. The lowest BCUT2D eigenvalue weighted by Crippen LogP contribution is -2.53. The SMILES string of the molecule is CCOC(=O)[C@]1(Cc2cccc(Cl)c2)CCCN(C(=O)CNC(C)=O)C1. The van der Waals surface area contributed by atoms with Crippen LogP contribution in [-0.4, -0.2) is 48.9 Å². The Kier molecular flexibility index (Phi) is 7.03. The molecule has 1 aliphatic rings. The van der Waals surface area contributed by atoms with Crippen LogP contribution in [0.4, 0.5) is 0 Å². The summed E-state index contributed by atoms with van der Waals surface area (Å²) >= 11 is 6.08. The van der Waals surface area contributed by atoms with Gasteiger partial charge in [0.05, 0.1) is 18.6 Å². The highest BCUT2D eigenvalue weighted by atomic mass is 35.5. The maximum absolute atomic E-state index is 12.8. The van der Waals surface area contributed by atoms with E-state index in [1.165, 1.54) is 6.92 Å². The molecular weight excluding hydrogens is 356 g/mol. The second-order valence-corrected chi connectivity index (χ2v) is 7.07. The number of ether oxygens (including phenoxy) is 1. The molecule has 0 spiro atoms. The van der Waals surface area contributed by atoms with Crippen LogP contribution in [-0.2, 0) is 25.5 Å². The molecule has 26 heavy (non-hydrogen) atoms. The van der Waals surface area contributed by atoms with Gasteiger partial charge in [-0.05, 0) is 43.9 Å². The van der Waals surface area contributed by atoms with Gasteiger partial charge in [0.15, 0.2) is 0 Å². The van der Waals surface area contributed by atoms with Crippen LogP contribution in [0.5, 0.6) is 0 Å². The van der Waals surface area contributed by atoms with Crippen molar-refractivity contribution in [2.75, 3.05) is 26.2 Å². The Hall–Kier alpha value is -2.08. The van der Waals surface area contributed by atoms with Gasteiger partial charge >= 0.3 is 5.97 Å². The topological polar surface area (TPSA) is 75.7 Å². The molecule has 7 heteroatoms. The Morgan fingerprint density at radius 1 is 1.35 bits per heavy atom. The number of nitrogens with zero attached hydrogens (tertiary/aromatic N) is 1. The summed E-state index contributed by atoms with van der Waals surface area (Å²) in [6.07, 6.45) is 1.80. The van der Waals surface area contributed by atoms with Crippen LogP contribution >= 0.6 is 11.6 Å². The average molecular weight is 381 g/mol. The van der Waals surface area contributed by atoms with Crippen molar-refractivity contribution in [3.63, 3.8) is 0 Å². The summed E-state index contributed by atoms with van der Waals surface area (Å²) in [5.41, 5.74) is 0.131. The van der Waals surface area contributed by atoms with E-state index in [9.17, 15) is 14.4 Å². The summed E-state index contributed by atoms with van der Waals surface area (Å²) in [6, 6.07) is 7.39. The molecule has 1 N–H and O–H groups in total. The van der Waals surface area contributed by atoms with Crippen molar-refractivity contribution in [1.82, 2.24) is 10.2 Å². The number of halogens is 1. The van der Waals surface area contributed by atoms with Gasteiger partial charge in [0.1, 0.15) is 0 Å². The first-order valence-corrected chi connectivity index (χ1v) is 9.18. The standard InChI is InChI=1S/C19H25ClN2O4/c1-3-26-18(25)19(11-15-6-4-7-16(20)10-15)8-5-9-22(13-19)17(24)12-21-14(2)23/h4,6-7,10H,3,5,8-9,11-13H2,1-2H3,(H,21,23)/t19-/m0/s1. The van der Waals surface area contributed by atoms with Crippen molar-refractivity contribution in [1.29, 1.82) is 0 Å². The molecule has 142 valence electrons. The first-order valence-electron chi connectivity index (χ1n) is 8.80. The number of rotatable bonds is 6. The molecule has 1 saturated heterocycles. The van der Waals surface area contributed by atoms with Crippen LogP contribution in [0.2, 0.25) is 5.02 Å². The van der Waals surface area contributed by atoms with Crippen molar-refractivity contribution in [3.8, 4) is 0 Å². The molecule has 6 nitrogen and oxygen atoms in total. The Morgan fingerprint density at radius 3 is 2.77 bits per heavy atom. The molecule has 2 rings (SSSR count). The molecule has 0 saturated carbocycles. The third-order valence-corrected chi connectivity index (χ3v) is 4.79. The Bertz CT molecular complexity index is 679. The van der Waals surface area contributed by atoms with E-state index in [0.717, 1.165) is 5.56 Å². The number of hydrogen-bond acceptors (Lipinski definition) is 4. The van der Waals surface area contributed by atoms with Crippen molar-refractivity contribution in [2.45, 2.75) is 33.1 Å². The quantitative estimate of drug-likeness (QED) is 0.767. The van der Waals surface area contributed by atoms with E-state index in [0.29, 0.717) is 30.8 Å². The minimum Gasteiger partial charge on any atom is -0.466 e. The smallest absolute Gasteiger partial charge is 0.314 e. The van der Waals surface area contributed by atoms with Gasteiger partial charge in [0.25, 0.3) is 0 Å². The number of esters is 1. The van der Waals surface area contributed by atoms with E-state index < -0.39 is 5.41 Å². The second kappa shape index (κ2) is 9.03. The maximum Gasteiger partial charge on any atom is 0.314 e. The molecule has 1 fully saturated rings. The highest BCUT2D eigenvalue weighted by molar-refractivity contribution is 6.30. The third kappa shape index (κ3) is 5.21. The predicted molar refractivity (Wildman–Crippen MR) is 98.7 cm³/mol. The number of benzene rings is 1. The molecular formula is C19H25ClN2O4. The molecule has 0 radical (unpaired) electrons. The lowest BCUT2D eigenvalue weighted by molar-refractivity contribution is -0.160. The average Bonchev–Trinajstić information content (AvgIpc) is 2.60. The first kappa shape index (κ1) is 20.2. The van der Waals surface area contributed by atoms with Gasteiger partial charge in [-0.1, -0.05) is 23.7 Å². The zero-order valence-corrected chi connectivity index (χ0v) is 16.0. The van der Waals surface area contributed by atoms with Crippen LogP contribution < -0.4 is 5.32 Å². The van der Waals surface area contributed by atoms with Gasteiger partial charge in [-0.25, -0.2) is 0 Å². The fourth-order valence-electron chi connectivity index (χ4n) is 3.36. The van der Waals surface area contributed by atoms with Gasteiger partial charge in [0.2, 0.25) is 11.8 Å². The Labute approximate surface area is 158 Å². The number of amides is 2. The Morgan fingerprint density at radius 2 is 2.12 bits per heavy atom. The largest absolute Gasteiger partial charge is 0.466 e. The highest BCUT2D eigenvalue weighted by Crippen LogP contribution is 2.35. The summed E-state index contributed by atoms with van der Waals surface area (Å²) in [5.74, 6) is -0.748. The van der Waals surface area contributed by atoms with Crippen LogP contribution in [0.3, 0.4) is 0 Å². The fraction of sp³-hybridized carbons (Fsp3) is 0.526. The second-order valence-electron chi connectivity index (χ2n) is 6.64. The molecule has 0 aliphatic carbocycles. The lowest BCUT2D eigenvalue weighted by atomic mass is 9.75. The van der Waals surface area contributed by atoms with Gasteiger partial charge in [0, 0.05) is 25.0 Å². The van der Waals surface area contributed by atoms with E-state index in [1.807, 2.05) is 18.2 Å². The molecule has 0 unspecified atom stereocenters. The van der Waals surface area contributed by atoms with Crippen molar-refractivity contribution < 1.29 is 19.1 Å². The zero-order valence-electron chi connectivity index (χ0n) is 15.2. The first-order chi connectivity index (χ1) is 12.4. The van der Waals surface area contributed by atoms with Gasteiger partial charge in [-0.3, -0.25) is 14.4 Å². The van der Waals surface area contributed by atoms with Crippen molar-refractivity contribution in [3.05, 3.63) is 34.9 Å². The lowest BCUT2D eigenvalue weighted by Gasteiger charge is -2.41. The van der Waals surface area contributed by atoms with Crippen LogP contribution in [0.15, 0.2) is 24.3 Å². The van der Waals surface area contributed by atoms with Crippen molar-refractivity contribution >= 4 is 29.4 Å². The number of carbonyl (C=O) groups is 3. The van der Waals surface area contributed by atoms with Gasteiger partial charge < -0.3 is 15.0 Å². The van der Waals surface area contributed by atoms with E-state index in [1.54, 1.807) is 17.9 Å². The van der Waals surface area contributed by atoms with E-state index in [4.69, 9.17) is 16.3 Å². The number of hydrogen-bond donors (Lipinski definition) is 1. The summed E-state index contributed by atoms with van der Waals surface area (Å²) in [4.78, 5) is 37.9. The van der Waals surface area contributed by atoms with E-state index >= 15 is 0 Å². The molecule has 1 aliphatic heterocycles. The molecule has 2 amide bonds. The normalized spacial score (nSPS) is 19.7. The van der Waals surface area contributed by atoms with Crippen LogP contribution in [0.1, 0.15) is 32.3 Å². The summed E-state index contributed by atoms with van der Waals surface area (Å²) in [5, 5.41) is 3.13. The van der Waals surface area contributed by atoms with Gasteiger partial charge in [-0.2, -0.15) is 0 Å². The fourth-order valence-corrected chi connectivity index (χ4v) is 3.57. The van der Waals surface area contributed by atoms with Crippen LogP contribution in [0.25, 0.3) is 0 Å². The molecule has 1 aromatic carbocycles.